The summed E-state index contributed by atoms with van der Waals surface area (Å²) in [5.74, 6) is 0.503. The molecule has 0 bridgehead atoms. The van der Waals surface area contributed by atoms with Gasteiger partial charge in [-0.25, -0.2) is 0 Å². The summed E-state index contributed by atoms with van der Waals surface area (Å²) in [5, 5.41) is 0. The van der Waals surface area contributed by atoms with Gasteiger partial charge >= 0.3 is 0 Å². The van der Waals surface area contributed by atoms with E-state index in [4.69, 9.17) is 0 Å². The molecule has 1 atom stereocenters. The fraction of sp³-hybridized carbons (Fsp3) is 0.263. The van der Waals surface area contributed by atoms with E-state index in [1.807, 2.05) is 13.8 Å². The summed E-state index contributed by atoms with van der Waals surface area (Å²) >= 11 is 0. The molecule has 0 N–H and O–H groups in total. The van der Waals surface area contributed by atoms with Crippen LogP contribution in [-0.2, 0) is 0 Å². The largest absolute Gasteiger partial charge is 0.0795 e. The van der Waals surface area contributed by atoms with E-state index in [0.29, 0.717) is 5.92 Å². The summed E-state index contributed by atoms with van der Waals surface area (Å²) in [7, 11) is 0. The molecule has 0 saturated heterocycles. The summed E-state index contributed by atoms with van der Waals surface area (Å²) in [4.78, 5) is 0. The number of hydrogen-bond acceptors (Lipinski definition) is 0. The molecule has 19 heavy (non-hydrogen) atoms. The maximum absolute atomic E-state index is 2.36. The van der Waals surface area contributed by atoms with Gasteiger partial charge in [0.2, 0.25) is 0 Å². The van der Waals surface area contributed by atoms with E-state index in [-0.39, 0.29) is 0 Å². The van der Waals surface area contributed by atoms with Gasteiger partial charge in [-0.05, 0) is 46.8 Å². The highest BCUT2D eigenvalue weighted by Gasteiger charge is 2.33. The fourth-order valence-corrected chi connectivity index (χ4v) is 3.33. The lowest BCUT2D eigenvalue weighted by Gasteiger charge is -2.36. The van der Waals surface area contributed by atoms with Crippen LogP contribution >= 0.6 is 0 Å². The van der Waals surface area contributed by atoms with E-state index in [0.717, 1.165) is 6.42 Å². The first kappa shape index (κ1) is 12.2. The van der Waals surface area contributed by atoms with Crippen LogP contribution in [0.25, 0.3) is 0 Å². The molecule has 4 aliphatic carbocycles. The van der Waals surface area contributed by atoms with Crippen molar-refractivity contribution in [2.45, 2.75) is 27.2 Å². The second-order valence-electron chi connectivity index (χ2n) is 5.07. The molecule has 0 nitrogen and oxygen atoms in total. The summed E-state index contributed by atoms with van der Waals surface area (Å²) in [5.41, 5.74) is 8.85. The van der Waals surface area contributed by atoms with E-state index in [1.165, 1.54) is 22.3 Å². The highest BCUT2D eigenvalue weighted by Crippen LogP contribution is 2.48. The van der Waals surface area contributed by atoms with Crippen LogP contribution in [0.15, 0.2) is 82.0 Å². The minimum absolute atomic E-state index is 0.503. The zero-order valence-electron chi connectivity index (χ0n) is 11.9. The van der Waals surface area contributed by atoms with Crippen LogP contribution in [0.5, 0.6) is 0 Å². The van der Waals surface area contributed by atoms with E-state index in [1.54, 1.807) is 11.1 Å². The van der Waals surface area contributed by atoms with Gasteiger partial charge in [0.1, 0.15) is 0 Å². The highest BCUT2D eigenvalue weighted by atomic mass is 14.4. The first-order valence-electron chi connectivity index (χ1n) is 7.23. The Hall–Kier alpha value is -1.82. The molecule has 96 valence electrons. The van der Waals surface area contributed by atoms with Crippen molar-refractivity contribution in [1.29, 1.82) is 0 Å². The van der Waals surface area contributed by atoms with Crippen molar-refractivity contribution in [3.8, 4) is 0 Å². The Kier molecular flexibility index (Phi) is 3.02. The van der Waals surface area contributed by atoms with Crippen molar-refractivity contribution in [2.75, 3.05) is 0 Å². The van der Waals surface area contributed by atoms with Crippen molar-refractivity contribution in [3.05, 3.63) is 82.0 Å². The Balaban J connectivity index is 0.000000528. The van der Waals surface area contributed by atoms with Gasteiger partial charge in [-0.1, -0.05) is 62.5 Å². The molecule has 4 rings (SSSR count). The van der Waals surface area contributed by atoms with Crippen LogP contribution in [0.1, 0.15) is 27.2 Å². The lowest BCUT2D eigenvalue weighted by molar-refractivity contribution is 0.825. The first-order valence-corrected chi connectivity index (χ1v) is 7.23. The number of hydrogen-bond donors (Lipinski definition) is 0. The molecule has 0 spiro atoms. The molecule has 0 fully saturated rings. The zero-order valence-corrected chi connectivity index (χ0v) is 11.9. The normalized spacial score (nSPS) is 25.5. The van der Waals surface area contributed by atoms with Gasteiger partial charge in [-0.15, -0.1) is 0 Å². The SMILES string of the molecule is CC.CC1=CC2=CC=CC3=CC=C4C=CCC1=C4C32. The Morgan fingerprint density at radius 3 is 2.68 bits per heavy atom. The third-order valence-corrected chi connectivity index (χ3v) is 4.10. The summed E-state index contributed by atoms with van der Waals surface area (Å²) < 4.78 is 0. The summed E-state index contributed by atoms with van der Waals surface area (Å²) in [6.45, 7) is 6.24. The molecular weight excluding hydrogens is 228 g/mol. The van der Waals surface area contributed by atoms with Crippen LogP contribution in [0.2, 0.25) is 0 Å². The lowest BCUT2D eigenvalue weighted by atomic mass is 9.67. The molecule has 0 aromatic carbocycles. The zero-order chi connectivity index (χ0) is 13.4. The smallest absolute Gasteiger partial charge is 0.0348 e. The molecule has 0 aromatic heterocycles. The summed E-state index contributed by atoms with van der Waals surface area (Å²) in [6, 6.07) is 0. The van der Waals surface area contributed by atoms with Crippen LogP contribution in [0, 0.1) is 5.92 Å². The van der Waals surface area contributed by atoms with Gasteiger partial charge in [0.05, 0.1) is 0 Å². The molecule has 0 heterocycles. The molecule has 0 saturated carbocycles. The minimum Gasteiger partial charge on any atom is -0.0795 e. The van der Waals surface area contributed by atoms with E-state index in [9.17, 15) is 0 Å². The maximum atomic E-state index is 2.36. The van der Waals surface area contributed by atoms with Crippen LogP contribution in [0.3, 0.4) is 0 Å². The molecular formula is C19H20. The van der Waals surface area contributed by atoms with Crippen LogP contribution in [-0.4, -0.2) is 0 Å². The maximum Gasteiger partial charge on any atom is 0.0348 e. The first-order chi connectivity index (χ1) is 9.34. The molecule has 0 amide bonds. The second-order valence-corrected chi connectivity index (χ2v) is 5.07. The highest BCUT2D eigenvalue weighted by molar-refractivity contribution is 5.68. The average molecular weight is 248 g/mol. The third kappa shape index (κ3) is 1.74. The topological polar surface area (TPSA) is 0 Å². The van der Waals surface area contributed by atoms with Gasteiger partial charge in [-0.2, -0.15) is 0 Å². The van der Waals surface area contributed by atoms with Crippen molar-refractivity contribution in [1.82, 2.24) is 0 Å². The summed E-state index contributed by atoms with van der Waals surface area (Å²) in [6.07, 6.45) is 19.2. The minimum atomic E-state index is 0.503. The number of rotatable bonds is 0. The van der Waals surface area contributed by atoms with Crippen molar-refractivity contribution in [3.63, 3.8) is 0 Å². The van der Waals surface area contributed by atoms with E-state index in [2.05, 4.69) is 55.5 Å². The van der Waals surface area contributed by atoms with Crippen LogP contribution in [0.4, 0.5) is 0 Å². The van der Waals surface area contributed by atoms with E-state index >= 15 is 0 Å². The standard InChI is InChI=1S/C17H14.C2H6/c1-11-10-14-6-2-4-12-8-9-13-5-3-7-15(11)17(13)16(12)14;1-2/h2-6,8-10,16H,7H2,1H3;1-2H3. The molecule has 0 heteroatoms. The fourth-order valence-electron chi connectivity index (χ4n) is 3.33. The molecule has 0 radical (unpaired) electrons. The Bertz CT molecular complexity index is 625. The lowest BCUT2D eigenvalue weighted by Crippen LogP contribution is -2.21. The molecule has 1 unspecified atom stereocenters. The Morgan fingerprint density at radius 2 is 1.84 bits per heavy atom. The second kappa shape index (κ2) is 4.70. The van der Waals surface area contributed by atoms with Crippen LogP contribution < -0.4 is 0 Å². The van der Waals surface area contributed by atoms with Crippen molar-refractivity contribution < 1.29 is 0 Å². The monoisotopic (exact) mass is 248 g/mol. The van der Waals surface area contributed by atoms with Crippen molar-refractivity contribution in [2.24, 2.45) is 5.92 Å². The third-order valence-electron chi connectivity index (χ3n) is 4.10. The quantitative estimate of drug-likeness (QED) is 0.552. The van der Waals surface area contributed by atoms with E-state index < -0.39 is 0 Å². The van der Waals surface area contributed by atoms with Gasteiger partial charge in [0.25, 0.3) is 0 Å². The van der Waals surface area contributed by atoms with Gasteiger partial charge in [-0.3, -0.25) is 0 Å². The van der Waals surface area contributed by atoms with Gasteiger partial charge < -0.3 is 0 Å². The predicted octanol–water partition coefficient (Wildman–Crippen LogP) is 5.21. The molecule has 0 aromatic rings. The number of allylic oxidation sites excluding steroid dienone is 14. The average Bonchev–Trinajstić information content (AvgIpc) is 2.48. The molecule has 4 aliphatic rings. The Morgan fingerprint density at radius 1 is 1.00 bits per heavy atom. The predicted molar refractivity (Wildman–Crippen MR) is 82.8 cm³/mol. The van der Waals surface area contributed by atoms with Crippen molar-refractivity contribution >= 4 is 0 Å². The molecule has 0 aliphatic heterocycles. The Labute approximate surface area is 115 Å². The van der Waals surface area contributed by atoms with Gasteiger partial charge in [0.15, 0.2) is 0 Å². The van der Waals surface area contributed by atoms with Gasteiger partial charge in [0, 0.05) is 5.92 Å².